The predicted molar refractivity (Wildman–Crippen MR) is 67.1 cm³/mol. The molecule has 0 amide bonds. The van der Waals surface area contributed by atoms with Crippen LogP contribution in [-0.4, -0.2) is 37.3 Å². The summed E-state index contributed by atoms with van der Waals surface area (Å²) in [6.45, 7) is 0. The van der Waals surface area contributed by atoms with Crippen LogP contribution in [0, 0.1) is 0 Å². The van der Waals surface area contributed by atoms with E-state index in [1.807, 2.05) is 12.1 Å². The van der Waals surface area contributed by atoms with E-state index in [1.54, 1.807) is 12.1 Å². The number of aliphatic hydroxyl groups excluding tert-OH is 1. The van der Waals surface area contributed by atoms with Crippen molar-refractivity contribution in [3.05, 3.63) is 35.6 Å². The Bertz CT molecular complexity index is 630. The highest BCUT2D eigenvalue weighted by molar-refractivity contribution is 6.11. The summed E-state index contributed by atoms with van der Waals surface area (Å²) in [5, 5.41) is 11.0. The van der Waals surface area contributed by atoms with Gasteiger partial charge >= 0.3 is 0 Å². The molecular formula is C14H14O5. The summed E-state index contributed by atoms with van der Waals surface area (Å²) in [6, 6.07) is 7.19. The number of carbonyl (C=O) groups excluding carboxylic acids is 1. The fraction of sp³-hybridized carbons (Fsp3) is 0.357. The zero-order valence-electron chi connectivity index (χ0n) is 10.6. The summed E-state index contributed by atoms with van der Waals surface area (Å²) < 4.78 is 15.9. The number of carbonyl (C=O) groups is 1. The summed E-state index contributed by atoms with van der Waals surface area (Å²) in [7, 11) is 2.86. The van der Waals surface area contributed by atoms with Crippen molar-refractivity contribution in [3.8, 4) is 0 Å². The Morgan fingerprint density at radius 3 is 2.63 bits per heavy atom. The van der Waals surface area contributed by atoms with Crippen LogP contribution in [0.25, 0.3) is 11.0 Å². The highest BCUT2D eigenvalue weighted by Gasteiger charge is 2.45. The third-order valence-electron chi connectivity index (χ3n) is 3.53. The predicted octanol–water partition coefficient (Wildman–Crippen LogP) is 1.69. The lowest BCUT2D eigenvalue weighted by molar-refractivity contribution is -0.0933. The van der Waals surface area contributed by atoms with E-state index in [0.29, 0.717) is 16.5 Å². The highest BCUT2D eigenvalue weighted by Crippen LogP contribution is 2.39. The lowest BCUT2D eigenvalue weighted by Crippen LogP contribution is -2.45. The smallest absolute Gasteiger partial charge is 0.198 e. The molecule has 5 heteroatoms. The van der Waals surface area contributed by atoms with Crippen LogP contribution in [0.5, 0.6) is 0 Å². The van der Waals surface area contributed by atoms with Crippen LogP contribution < -0.4 is 0 Å². The third-order valence-corrected chi connectivity index (χ3v) is 3.53. The van der Waals surface area contributed by atoms with Gasteiger partial charge in [0.2, 0.25) is 0 Å². The van der Waals surface area contributed by atoms with E-state index in [1.165, 1.54) is 14.2 Å². The monoisotopic (exact) mass is 262 g/mol. The standard InChI is InChI=1S/C14H14O5/c1-17-13-10(15)9-7-5-3-4-6-8(7)19-12(9)11(16)14(13)18-2/h3-6,11,13-14,16H,1-2H3/t11-,13+,14+/m0/s1. The quantitative estimate of drug-likeness (QED) is 0.892. The van der Waals surface area contributed by atoms with E-state index in [9.17, 15) is 9.90 Å². The van der Waals surface area contributed by atoms with E-state index < -0.39 is 18.3 Å². The van der Waals surface area contributed by atoms with Crippen LogP contribution in [-0.2, 0) is 9.47 Å². The minimum absolute atomic E-state index is 0.223. The first-order valence-corrected chi connectivity index (χ1v) is 5.98. The molecule has 100 valence electrons. The van der Waals surface area contributed by atoms with Gasteiger partial charge < -0.3 is 19.0 Å². The molecule has 0 bridgehead atoms. The molecule has 1 N–H and O–H groups in total. The van der Waals surface area contributed by atoms with Crippen molar-refractivity contribution < 1.29 is 23.8 Å². The number of ether oxygens (including phenoxy) is 2. The summed E-state index contributed by atoms with van der Waals surface area (Å²) in [4.78, 5) is 12.5. The molecule has 2 aromatic rings. The Morgan fingerprint density at radius 1 is 1.21 bits per heavy atom. The van der Waals surface area contributed by atoms with Crippen molar-refractivity contribution in [1.82, 2.24) is 0 Å². The first kappa shape index (κ1) is 12.3. The number of rotatable bonds is 2. The van der Waals surface area contributed by atoms with Gasteiger partial charge in [0.1, 0.15) is 29.7 Å². The van der Waals surface area contributed by atoms with E-state index in [0.717, 1.165) is 0 Å². The SMILES string of the molecule is CO[C@H]1[C@H](OC)C(=O)c2c(oc3ccccc23)[C@@H]1O. The second-order valence-corrected chi connectivity index (χ2v) is 4.50. The van der Waals surface area contributed by atoms with Gasteiger partial charge in [0.05, 0.1) is 5.56 Å². The lowest BCUT2D eigenvalue weighted by atomic mass is 9.88. The van der Waals surface area contributed by atoms with Crippen molar-refractivity contribution in [2.45, 2.75) is 18.3 Å². The summed E-state index contributed by atoms with van der Waals surface area (Å²) in [6.07, 6.45) is -2.60. The molecule has 1 heterocycles. The van der Waals surface area contributed by atoms with Gasteiger partial charge in [-0.1, -0.05) is 18.2 Å². The number of hydrogen-bond donors (Lipinski definition) is 1. The topological polar surface area (TPSA) is 68.9 Å². The molecule has 0 saturated carbocycles. The average molecular weight is 262 g/mol. The molecular weight excluding hydrogens is 248 g/mol. The van der Waals surface area contributed by atoms with Gasteiger partial charge in [0, 0.05) is 19.6 Å². The second-order valence-electron chi connectivity index (χ2n) is 4.50. The number of fused-ring (bicyclic) bond motifs is 3. The first-order chi connectivity index (χ1) is 9.19. The highest BCUT2D eigenvalue weighted by atomic mass is 16.5. The largest absolute Gasteiger partial charge is 0.457 e. The van der Waals surface area contributed by atoms with Gasteiger partial charge in [-0.25, -0.2) is 0 Å². The number of ketones is 1. The van der Waals surface area contributed by atoms with E-state index >= 15 is 0 Å². The molecule has 1 aromatic carbocycles. The van der Waals surface area contributed by atoms with E-state index in [-0.39, 0.29) is 11.5 Å². The van der Waals surface area contributed by atoms with Crippen LogP contribution >= 0.6 is 0 Å². The third kappa shape index (κ3) is 1.63. The van der Waals surface area contributed by atoms with Gasteiger partial charge in [0.25, 0.3) is 0 Å². The number of benzene rings is 1. The number of para-hydroxylation sites is 1. The minimum Gasteiger partial charge on any atom is -0.457 e. The van der Waals surface area contributed by atoms with Crippen molar-refractivity contribution in [1.29, 1.82) is 0 Å². The molecule has 0 unspecified atom stereocenters. The number of Topliss-reactive ketones (excluding diaryl/α,β-unsaturated/α-hetero) is 1. The first-order valence-electron chi connectivity index (χ1n) is 5.98. The van der Waals surface area contributed by atoms with Crippen molar-refractivity contribution in [2.24, 2.45) is 0 Å². The Labute approximate surface area is 109 Å². The zero-order valence-corrected chi connectivity index (χ0v) is 10.6. The van der Waals surface area contributed by atoms with Crippen molar-refractivity contribution in [2.75, 3.05) is 14.2 Å². The maximum absolute atomic E-state index is 12.5. The number of hydrogen-bond acceptors (Lipinski definition) is 5. The Balaban J connectivity index is 2.25. The van der Waals surface area contributed by atoms with Gasteiger partial charge in [-0.2, -0.15) is 0 Å². The summed E-state index contributed by atoms with van der Waals surface area (Å²) in [5.41, 5.74) is 0.967. The number of furan rings is 1. The molecule has 0 aliphatic heterocycles. The summed E-state index contributed by atoms with van der Waals surface area (Å²) >= 11 is 0. The average Bonchev–Trinajstić information content (AvgIpc) is 2.82. The van der Waals surface area contributed by atoms with Crippen LogP contribution in [0.2, 0.25) is 0 Å². The molecule has 5 nitrogen and oxygen atoms in total. The molecule has 1 aliphatic carbocycles. The Kier molecular flexibility index (Phi) is 2.89. The zero-order chi connectivity index (χ0) is 13.6. The normalized spacial score (nSPS) is 26.7. The van der Waals surface area contributed by atoms with Crippen molar-refractivity contribution >= 4 is 16.8 Å². The maximum atomic E-state index is 12.5. The van der Waals surface area contributed by atoms with Crippen LogP contribution in [0.15, 0.2) is 28.7 Å². The van der Waals surface area contributed by atoms with E-state index in [4.69, 9.17) is 13.9 Å². The maximum Gasteiger partial charge on any atom is 0.198 e. The van der Waals surface area contributed by atoms with Gasteiger partial charge in [-0.15, -0.1) is 0 Å². The molecule has 1 aromatic heterocycles. The molecule has 1 aliphatic rings. The van der Waals surface area contributed by atoms with Crippen molar-refractivity contribution in [3.63, 3.8) is 0 Å². The molecule has 3 rings (SSSR count). The fourth-order valence-electron chi connectivity index (χ4n) is 2.63. The van der Waals surface area contributed by atoms with Crippen LogP contribution in [0.4, 0.5) is 0 Å². The lowest BCUT2D eigenvalue weighted by Gasteiger charge is -2.31. The fourth-order valence-corrected chi connectivity index (χ4v) is 2.63. The molecule has 3 atom stereocenters. The van der Waals surface area contributed by atoms with Crippen LogP contribution in [0.1, 0.15) is 22.2 Å². The molecule has 0 fully saturated rings. The Hall–Kier alpha value is -1.69. The molecule has 0 saturated heterocycles. The number of methoxy groups -OCH3 is 2. The van der Waals surface area contributed by atoms with Crippen LogP contribution in [0.3, 0.4) is 0 Å². The van der Waals surface area contributed by atoms with E-state index in [2.05, 4.69) is 0 Å². The molecule has 0 spiro atoms. The van der Waals surface area contributed by atoms with Gasteiger partial charge in [-0.05, 0) is 6.07 Å². The summed E-state index contributed by atoms with van der Waals surface area (Å²) in [5.74, 6) is 0.0333. The number of aliphatic hydroxyl groups is 1. The Morgan fingerprint density at radius 2 is 1.95 bits per heavy atom. The minimum atomic E-state index is -1.02. The molecule has 0 radical (unpaired) electrons. The van der Waals surface area contributed by atoms with Gasteiger partial charge in [-0.3, -0.25) is 4.79 Å². The second kappa shape index (κ2) is 4.45. The van der Waals surface area contributed by atoms with Gasteiger partial charge in [0.15, 0.2) is 5.78 Å². The molecule has 19 heavy (non-hydrogen) atoms.